The average Bonchev–Trinajstić information content (AvgIpc) is 3.28. The lowest BCUT2D eigenvalue weighted by Gasteiger charge is -2.07. The van der Waals surface area contributed by atoms with Crippen LogP contribution in [0.4, 0.5) is 0 Å². The van der Waals surface area contributed by atoms with E-state index in [2.05, 4.69) is 26.1 Å². The molecule has 3 rings (SSSR count). The molecule has 0 aliphatic rings. The largest absolute Gasteiger partial charge is 0.497 e. The molecule has 0 unspecified atom stereocenters. The molecular formula is C16H13BrN2O6. The SMILES string of the molecule is COc1ccc(-c2noc(COC(=O)c3ccc(Br)o3)n2)c(OC)c1. The number of carbonyl (C=O) groups is 1. The Morgan fingerprint density at radius 3 is 2.72 bits per heavy atom. The number of hydrogen-bond acceptors (Lipinski definition) is 8. The van der Waals surface area contributed by atoms with Gasteiger partial charge < -0.3 is 23.2 Å². The first-order chi connectivity index (χ1) is 12.1. The third-order valence-electron chi connectivity index (χ3n) is 3.22. The second kappa shape index (κ2) is 7.39. The maximum atomic E-state index is 11.8. The molecule has 25 heavy (non-hydrogen) atoms. The summed E-state index contributed by atoms with van der Waals surface area (Å²) in [4.78, 5) is 16.0. The maximum Gasteiger partial charge on any atom is 0.374 e. The van der Waals surface area contributed by atoms with Crippen molar-refractivity contribution in [2.75, 3.05) is 14.2 Å². The maximum absolute atomic E-state index is 11.8. The summed E-state index contributed by atoms with van der Waals surface area (Å²) in [6.07, 6.45) is 0. The van der Waals surface area contributed by atoms with Gasteiger partial charge in [0.05, 0.1) is 19.8 Å². The molecule has 2 heterocycles. The minimum Gasteiger partial charge on any atom is -0.497 e. The summed E-state index contributed by atoms with van der Waals surface area (Å²) in [5.41, 5.74) is 0.625. The van der Waals surface area contributed by atoms with Gasteiger partial charge >= 0.3 is 5.97 Å². The van der Waals surface area contributed by atoms with Crippen molar-refractivity contribution in [1.82, 2.24) is 10.1 Å². The predicted octanol–water partition coefficient (Wildman–Crippen LogP) is 3.47. The zero-order valence-electron chi connectivity index (χ0n) is 13.3. The van der Waals surface area contributed by atoms with Crippen molar-refractivity contribution in [1.29, 1.82) is 0 Å². The van der Waals surface area contributed by atoms with E-state index >= 15 is 0 Å². The molecule has 1 aromatic carbocycles. The van der Waals surface area contributed by atoms with E-state index in [1.807, 2.05) is 0 Å². The molecule has 3 aromatic rings. The molecule has 0 N–H and O–H groups in total. The summed E-state index contributed by atoms with van der Waals surface area (Å²) in [7, 11) is 3.09. The molecule has 0 radical (unpaired) electrons. The van der Waals surface area contributed by atoms with Gasteiger partial charge in [-0.1, -0.05) is 5.16 Å². The fourth-order valence-electron chi connectivity index (χ4n) is 2.03. The second-order valence-corrected chi connectivity index (χ2v) is 5.54. The van der Waals surface area contributed by atoms with Gasteiger partial charge in [0.2, 0.25) is 11.6 Å². The van der Waals surface area contributed by atoms with E-state index in [1.54, 1.807) is 31.4 Å². The summed E-state index contributed by atoms with van der Waals surface area (Å²) in [6.45, 7) is -0.178. The first kappa shape index (κ1) is 17.0. The van der Waals surface area contributed by atoms with Gasteiger partial charge in [0.15, 0.2) is 11.3 Å². The Bertz CT molecular complexity index is 888. The van der Waals surface area contributed by atoms with Crippen molar-refractivity contribution in [3.8, 4) is 22.9 Å². The number of ether oxygens (including phenoxy) is 3. The zero-order valence-corrected chi connectivity index (χ0v) is 14.9. The minimum atomic E-state index is -0.632. The van der Waals surface area contributed by atoms with Crippen LogP contribution in [0.2, 0.25) is 0 Å². The number of carbonyl (C=O) groups excluding carboxylic acids is 1. The van der Waals surface area contributed by atoms with Crippen LogP contribution in [-0.2, 0) is 11.3 Å². The molecular weight excluding hydrogens is 396 g/mol. The fourth-order valence-corrected chi connectivity index (χ4v) is 2.34. The van der Waals surface area contributed by atoms with Crippen molar-refractivity contribution in [2.45, 2.75) is 6.61 Å². The zero-order chi connectivity index (χ0) is 17.8. The minimum absolute atomic E-state index is 0.0726. The fraction of sp³-hybridized carbons (Fsp3) is 0.188. The van der Waals surface area contributed by atoms with Gasteiger partial charge in [-0.2, -0.15) is 4.98 Å². The molecule has 0 bridgehead atoms. The second-order valence-electron chi connectivity index (χ2n) is 4.76. The number of aromatic nitrogens is 2. The molecule has 0 saturated heterocycles. The van der Waals surface area contributed by atoms with E-state index in [9.17, 15) is 4.79 Å². The molecule has 130 valence electrons. The normalized spacial score (nSPS) is 10.5. The van der Waals surface area contributed by atoms with Crippen molar-refractivity contribution in [3.05, 3.63) is 46.7 Å². The van der Waals surface area contributed by atoms with Crippen molar-refractivity contribution in [3.63, 3.8) is 0 Å². The van der Waals surface area contributed by atoms with Crippen LogP contribution in [0.25, 0.3) is 11.4 Å². The molecule has 0 amide bonds. The van der Waals surface area contributed by atoms with Gasteiger partial charge in [-0.15, -0.1) is 0 Å². The summed E-state index contributed by atoms with van der Waals surface area (Å²) in [5, 5.41) is 3.88. The quantitative estimate of drug-likeness (QED) is 0.571. The van der Waals surface area contributed by atoms with Gasteiger partial charge in [0.1, 0.15) is 11.5 Å². The van der Waals surface area contributed by atoms with E-state index in [-0.39, 0.29) is 18.3 Å². The number of nitrogens with zero attached hydrogens (tertiary/aromatic N) is 2. The van der Waals surface area contributed by atoms with Gasteiger partial charge in [-0.3, -0.25) is 0 Å². The van der Waals surface area contributed by atoms with Gasteiger partial charge in [-0.05, 0) is 40.2 Å². The Labute approximate surface area is 150 Å². The van der Waals surface area contributed by atoms with Crippen LogP contribution in [0.3, 0.4) is 0 Å². The first-order valence-corrected chi connectivity index (χ1v) is 7.87. The molecule has 0 fully saturated rings. The average molecular weight is 409 g/mol. The lowest BCUT2D eigenvalue weighted by atomic mass is 10.2. The molecule has 0 atom stereocenters. The van der Waals surface area contributed by atoms with Crippen molar-refractivity contribution >= 4 is 21.9 Å². The topological polar surface area (TPSA) is 96.8 Å². The van der Waals surface area contributed by atoms with Crippen LogP contribution in [0, 0.1) is 0 Å². The van der Waals surface area contributed by atoms with E-state index in [0.717, 1.165) is 0 Å². The molecule has 0 saturated carbocycles. The number of furan rings is 1. The number of benzene rings is 1. The highest BCUT2D eigenvalue weighted by molar-refractivity contribution is 9.10. The highest BCUT2D eigenvalue weighted by atomic mass is 79.9. The van der Waals surface area contributed by atoms with Gasteiger partial charge in [0, 0.05) is 6.07 Å². The Kier molecular flexibility index (Phi) is 5.03. The van der Waals surface area contributed by atoms with Crippen LogP contribution >= 0.6 is 15.9 Å². The highest BCUT2D eigenvalue weighted by Crippen LogP contribution is 2.31. The van der Waals surface area contributed by atoms with Crippen molar-refractivity contribution in [2.24, 2.45) is 0 Å². The van der Waals surface area contributed by atoms with Crippen LogP contribution in [0.5, 0.6) is 11.5 Å². The van der Waals surface area contributed by atoms with Gasteiger partial charge in [-0.25, -0.2) is 4.79 Å². The van der Waals surface area contributed by atoms with Crippen LogP contribution in [0.1, 0.15) is 16.4 Å². The number of halogens is 1. The van der Waals surface area contributed by atoms with E-state index < -0.39 is 5.97 Å². The molecule has 9 heteroatoms. The number of methoxy groups -OCH3 is 2. The molecule has 0 aliphatic carbocycles. The molecule has 8 nitrogen and oxygen atoms in total. The standard InChI is InChI=1S/C16H13BrN2O6/c1-21-9-3-4-10(12(7-9)22-2)15-18-14(25-19-15)8-23-16(20)11-5-6-13(17)24-11/h3-7H,8H2,1-2H3. The smallest absolute Gasteiger partial charge is 0.374 e. The molecule has 2 aromatic heterocycles. The Balaban J connectivity index is 1.71. The highest BCUT2D eigenvalue weighted by Gasteiger charge is 2.17. The third kappa shape index (κ3) is 3.82. The Morgan fingerprint density at radius 1 is 1.20 bits per heavy atom. The van der Waals surface area contributed by atoms with E-state index in [4.69, 9.17) is 23.2 Å². The van der Waals surface area contributed by atoms with E-state index in [0.29, 0.717) is 27.6 Å². The number of rotatable bonds is 6. The summed E-state index contributed by atoms with van der Waals surface area (Å²) >= 11 is 3.11. The summed E-state index contributed by atoms with van der Waals surface area (Å²) in [6, 6.07) is 8.30. The van der Waals surface area contributed by atoms with Crippen LogP contribution < -0.4 is 9.47 Å². The number of esters is 1. The lowest BCUT2D eigenvalue weighted by molar-refractivity contribution is 0.0392. The molecule has 0 aliphatic heterocycles. The van der Waals surface area contributed by atoms with Gasteiger partial charge in [0.25, 0.3) is 5.89 Å². The van der Waals surface area contributed by atoms with E-state index in [1.165, 1.54) is 13.2 Å². The van der Waals surface area contributed by atoms with Crippen LogP contribution in [0.15, 0.2) is 43.9 Å². The Morgan fingerprint density at radius 2 is 2.04 bits per heavy atom. The summed E-state index contributed by atoms with van der Waals surface area (Å²) < 4.78 is 26.2. The van der Waals surface area contributed by atoms with Crippen LogP contribution in [-0.4, -0.2) is 30.3 Å². The third-order valence-corrected chi connectivity index (χ3v) is 3.65. The lowest BCUT2D eigenvalue weighted by Crippen LogP contribution is -2.04. The number of hydrogen-bond donors (Lipinski definition) is 0. The molecule has 0 spiro atoms. The predicted molar refractivity (Wildman–Crippen MR) is 88.4 cm³/mol. The monoisotopic (exact) mass is 408 g/mol. The van der Waals surface area contributed by atoms with Crippen molar-refractivity contribution < 1.29 is 27.9 Å². The first-order valence-electron chi connectivity index (χ1n) is 7.08. The Hall–Kier alpha value is -2.81. The summed E-state index contributed by atoms with van der Waals surface area (Å²) in [5.74, 6) is 1.07.